The van der Waals surface area contributed by atoms with Gasteiger partial charge in [-0.05, 0) is 37.6 Å². The number of aromatic hydroxyl groups is 1. The molecule has 1 amide bonds. The largest absolute Gasteiger partial charge is 0.508 e. The quantitative estimate of drug-likeness (QED) is 0.549. The third kappa shape index (κ3) is 5.13. The monoisotopic (exact) mass is 444 g/mol. The molecule has 10 heteroatoms. The van der Waals surface area contributed by atoms with Gasteiger partial charge < -0.3 is 20.6 Å². The molecule has 3 rings (SSSR count). The summed E-state index contributed by atoms with van der Waals surface area (Å²) in [5, 5.41) is 9.46. The lowest BCUT2D eigenvalue weighted by Gasteiger charge is -2.36. The number of nitrogen functional groups attached to an aromatic ring is 1. The van der Waals surface area contributed by atoms with Crippen molar-refractivity contribution in [3.63, 3.8) is 0 Å². The molecule has 1 aliphatic heterocycles. The lowest BCUT2D eigenvalue weighted by molar-refractivity contribution is -0.119. The normalized spacial score (nSPS) is 14.5. The molecule has 0 spiro atoms. The van der Waals surface area contributed by atoms with Crippen LogP contribution in [-0.2, 0) is 11.3 Å². The number of nitrogens with one attached hydrogen (secondary N) is 1. The predicted octanol–water partition coefficient (Wildman–Crippen LogP) is 0.800. The molecule has 1 aromatic heterocycles. The highest BCUT2D eigenvalue weighted by Crippen LogP contribution is 2.21. The van der Waals surface area contributed by atoms with Gasteiger partial charge in [-0.3, -0.25) is 24.0 Å². The number of likely N-dealkylation sites (N-methyl/N-ethyl adjacent to an activating group) is 1. The molecule has 1 aliphatic rings. The van der Waals surface area contributed by atoms with Gasteiger partial charge in [-0.2, -0.15) is 0 Å². The molecule has 10 nitrogen and oxygen atoms in total. The van der Waals surface area contributed by atoms with E-state index in [9.17, 15) is 19.5 Å². The van der Waals surface area contributed by atoms with Crippen LogP contribution >= 0.6 is 0 Å². The molecule has 0 saturated carbocycles. The van der Waals surface area contributed by atoms with Crippen molar-refractivity contribution in [3.8, 4) is 5.75 Å². The van der Waals surface area contributed by atoms with Crippen LogP contribution in [0.5, 0.6) is 5.75 Å². The number of rotatable bonds is 8. The standard InChI is InChI=1S/C22H32N6O4/c1-3-5-10-28-20(23)19(21(31)24-22(28)32)27(4-2)18(30)15-25-11-13-26(14-12-25)16-6-8-17(29)9-7-16/h6-9,29H,3-5,10-15,23H2,1-2H3,(H,24,31,32). The van der Waals surface area contributed by atoms with E-state index in [0.717, 1.165) is 31.6 Å². The SMILES string of the molecule is CCCCn1c(N)c(N(CC)C(=O)CN2CCN(c3ccc(O)cc3)CC2)c(=O)[nH]c1=O. The molecule has 174 valence electrons. The number of aromatic nitrogens is 2. The second-order valence-electron chi connectivity index (χ2n) is 7.92. The Bertz CT molecular complexity index is 1040. The molecule has 2 aromatic rings. The summed E-state index contributed by atoms with van der Waals surface area (Å²) in [6, 6.07) is 7.06. The highest BCUT2D eigenvalue weighted by Gasteiger charge is 2.26. The maximum atomic E-state index is 13.1. The van der Waals surface area contributed by atoms with Crippen molar-refractivity contribution in [2.45, 2.75) is 33.2 Å². The number of hydrogen-bond donors (Lipinski definition) is 3. The van der Waals surface area contributed by atoms with Crippen LogP contribution in [-0.4, -0.2) is 64.7 Å². The molecule has 0 aliphatic carbocycles. The first kappa shape index (κ1) is 23.4. The molecule has 32 heavy (non-hydrogen) atoms. The van der Waals surface area contributed by atoms with Crippen LogP contribution < -0.4 is 26.8 Å². The van der Waals surface area contributed by atoms with Gasteiger partial charge in [-0.15, -0.1) is 0 Å². The summed E-state index contributed by atoms with van der Waals surface area (Å²) in [5.74, 6) is 0.0240. The van der Waals surface area contributed by atoms with Gasteiger partial charge in [0.05, 0.1) is 6.54 Å². The Morgan fingerprint density at radius 2 is 1.78 bits per heavy atom. The van der Waals surface area contributed by atoms with Crippen LogP contribution in [0.2, 0.25) is 0 Å². The minimum Gasteiger partial charge on any atom is -0.508 e. The number of hydrogen-bond acceptors (Lipinski definition) is 7. The van der Waals surface area contributed by atoms with Crippen molar-refractivity contribution in [1.29, 1.82) is 0 Å². The highest BCUT2D eigenvalue weighted by molar-refractivity contribution is 5.96. The fourth-order valence-electron chi connectivity index (χ4n) is 3.94. The molecule has 2 heterocycles. The van der Waals surface area contributed by atoms with Gasteiger partial charge in [-0.25, -0.2) is 4.79 Å². The zero-order valence-corrected chi connectivity index (χ0v) is 18.7. The Balaban J connectivity index is 1.70. The number of unbranched alkanes of at least 4 members (excludes halogenated alkanes) is 1. The van der Waals surface area contributed by atoms with Crippen LogP contribution in [0.4, 0.5) is 17.2 Å². The molecule has 0 radical (unpaired) electrons. The highest BCUT2D eigenvalue weighted by atomic mass is 16.3. The summed E-state index contributed by atoms with van der Waals surface area (Å²) in [6.07, 6.45) is 1.61. The van der Waals surface area contributed by atoms with E-state index in [4.69, 9.17) is 5.73 Å². The number of H-pyrrole nitrogens is 1. The van der Waals surface area contributed by atoms with Crippen molar-refractivity contribution in [2.75, 3.05) is 54.8 Å². The third-order valence-electron chi connectivity index (χ3n) is 5.78. The first-order chi connectivity index (χ1) is 15.3. The minimum absolute atomic E-state index is 0.0274. The first-order valence-corrected chi connectivity index (χ1v) is 11.0. The Kier molecular flexibility index (Phi) is 7.57. The first-order valence-electron chi connectivity index (χ1n) is 11.0. The van der Waals surface area contributed by atoms with Gasteiger partial charge in [0.25, 0.3) is 5.56 Å². The minimum atomic E-state index is -0.646. The predicted molar refractivity (Wildman–Crippen MR) is 125 cm³/mol. The van der Waals surface area contributed by atoms with Crippen molar-refractivity contribution < 1.29 is 9.90 Å². The van der Waals surface area contributed by atoms with E-state index >= 15 is 0 Å². The Morgan fingerprint density at radius 1 is 1.12 bits per heavy atom. The van der Waals surface area contributed by atoms with E-state index in [-0.39, 0.29) is 36.3 Å². The van der Waals surface area contributed by atoms with Gasteiger partial charge in [0.15, 0.2) is 5.69 Å². The summed E-state index contributed by atoms with van der Waals surface area (Å²) in [5.41, 5.74) is 6.04. The number of aromatic amines is 1. The number of nitrogens with zero attached hydrogens (tertiary/aromatic N) is 4. The van der Waals surface area contributed by atoms with Crippen LogP contribution in [0.3, 0.4) is 0 Å². The van der Waals surface area contributed by atoms with Gasteiger partial charge in [0, 0.05) is 45.0 Å². The lowest BCUT2D eigenvalue weighted by atomic mass is 10.2. The van der Waals surface area contributed by atoms with Crippen LogP contribution in [0.15, 0.2) is 33.9 Å². The molecule has 1 fully saturated rings. The zero-order chi connectivity index (χ0) is 23.3. The molecule has 0 atom stereocenters. The average molecular weight is 445 g/mol. The number of anilines is 3. The van der Waals surface area contributed by atoms with Crippen molar-refractivity contribution >= 4 is 23.1 Å². The molecular weight excluding hydrogens is 412 g/mol. The Morgan fingerprint density at radius 3 is 2.38 bits per heavy atom. The smallest absolute Gasteiger partial charge is 0.330 e. The fourth-order valence-corrected chi connectivity index (χ4v) is 3.94. The Hall–Kier alpha value is -3.27. The number of piperazine rings is 1. The molecule has 1 aromatic carbocycles. The van der Waals surface area contributed by atoms with E-state index < -0.39 is 11.2 Å². The van der Waals surface area contributed by atoms with Crippen LogP contribution in [0.1, 0.15) is 26.7 Å². The molecular formula is C22H32N6O4. The van der Waals surface area contributed by atoms with Gasteiger partial charge >= 0.3 is 5.69 Å². The third-order valence-corrected chi connectivity index (χ3v) is 5.78. The maximum absolute atomic E-state index is 13.1. The number of carbonyl (C=O) groups is 1. The second-order valence-corrected chi connectivity index (χ2v) is 7.92. The topological polar surface area (TPSA) is 128 Å². The van der Waals surface area contributed by atoms with Crippen molar-refractivity contribution in [1.82, 2.24) is 14.5 Å². The number of phenolic OH excluding ortho intramolecular Hbond substituents is 1. The van der Waals surface area contributed by atoms with Crippen LogP contribution in [0.25, 0.3) is 0 Å². The summed E-state index contributed by atoms with van der Waals surface area (Å²) in [4.78, 5) is 45.7. The summed E-state index contributed by atoms with van der Waals surface area (Å²) in [7, 11) is 0. The molecule has 0 bridgehead atoms. The van der Waals surface area contributed by atoms with E-state index in [1.54, 1.807) is 19.1 Å². The number of phenols is 1. The summed E-state index contributed by atoms with van der Waals surface area (Å²) < 4.78 is 1.33. The van der Waals surface area contributed by atoms with E-state index in [2.05, 4.69) is 9.88 Å². The second kappa shape index (κ2) is 10.4. The molecule has 0 unspecified atom stereocenters. The van der Waals surface area contributed by atoms with Crippen molar-refractivity contribution in [2.24, 2.45) is 0 Å². The maximum Gasteiger partial charge on any atom is 0.330 e. The lowest BCUT2D eigenvalue weighted by Crippen LogP contribution is -2.51. The van der Waals surface area contributed by atoms with Gasteiger partial charge in [0.2, 0.25) is 5.91 Å². The number of nitrogens with two attached hydrogens (primary N) is 1. The average Bonchev–Trinajstić information content (AvgIpc) is 2.77. The van der Waals surface area contributed by atoms with E-state index in [0.29, 0.717) is 19.6 Å². The van der Waals surface area contributed by atoms with Gasteiger partial charge in [0.1, 0.15) is 11.6 Å². The van der Waals surface area contributed by atoms with E-state index in [1.807, 2.05) is 24.0 Å². The van der Waals surface area contributed by atoms with Crippen LogP contribution in [0, 0.1) is 0 Å². The molecule has 1 saturated heterocycles. The summed E-state index contributed by atoms with van der Waals surface area (Å²) >= 11 is 0. The number of benzene rings is 1. The Labute approximate surface area is 186 Å². The zero-order valence-electron chi connectivity index (χ0n) is 18.7. The fraction of sp³-hybridized carbons (Fsp3) is 0.500. The number of amides is 1. The van der Waals surface area contributed by atoms with E-state index in [1.165, 1.54) is 9.47 Å². The number of carbonyl (C=O) groups excluding carboxylic acids is 1. The summed E-state index contributed by atoms with van der Waals surface area (Å²) in [6.45, 7) is 7.45. The van der Waals surface area contributed by atoms with Crippen molar-refractivity contribution in [3.05, 3.63) is 45.1 Å². The van der Waals surface area contributed by atoms with Gasteiger partial charge in [-0.1, -0.05) is 13.3 Å². The molecule has 4 N–H and O–H groups in total.